The van der Waals surface area contributed by atoms with Gasteiger partial charge in [-0.2, -0.15) is 0 Å². The predicted octanol–water partition coefficient (Wildman–Crippen LogP) is -1.04. The highest BCUT2D eigenvalue weighted by Crippen LogP contribution is 2.14. The molecule has 18 heavy (non-hydrogen) atoms. The molecule has 2 heterocycles. The van der Waals surface area contributed by atoms with Gasteiger partial charge < -0.3 is 5.11 Å². The molecule has 0 unspecified atom stereocenters. The summed E-state index contributed by atoms with van der Waals surface area (Å²) in [5, 5.41) is 15.9. The Morgan fingerprint density at radius 3 is 2.67 bits per heavy atom. The number of imide groups is 1. The molecule has 96 valence electrons. The summed E-state index contributed by atoms with van der Waals surface area (Å²) >= 11 is 1.28. The van der Waals surface area contributed by atoms with Crippen LogP contribution in [0.4, 0.5) is 0 Å². The van der Waals surface area contributed by atoms with Crippen molar-refractivity contribution in [3.05, 3.63) is 11.9 Å². The highest BCUT2D eigenvalue weighted by molar-refractivity contribution is 8.00. The summed E-state index contributed by atoms with van der Waals surface area (Å²) in [4.78, 5) is 34.6. The first-order valence-corrected chi connectivity index (χ1v) is 6.23. The molecule has 2 amide bonds. The first kappa shape index (κ1) is 12.6. The summed E-state index contributed by atoms with van der Waals surface area (Å²) < 4.78 is 1.14. The van der Waals surface area contributed by atoms with E-state index in [0.717, 1.165) is 9.58 Å². The minimum atomic E-state index is -1.03. The number of amides is 2. The smallest absolute Gasteiger partial charge is 0.325 e. The summed E-state index contributed by atoms with van der Waals surface area (Å²) in [5.74, 6) is -1.01. The van der Waals surface area contributed by atoms with Crippen molar-refractivity contribution in [1.29, 1.82) is 0 Å². The van der Waals surface area contributed by atoms with Crippen LogP contribution in [0, 0.1) is 0 Å². The molecule has 1 aromatic heterocycles. The summed E-state index contributed by atoms with van der Waals surface area (Å²) in [5.41, 5.74) is 0.393. The molecule has 0 spiro atoms. The number of aliphatic carboxylic acids is 1. The van der Waals surface area contributed by atoms with Crippen LogP contribution in [0.3, 0.4) is 0 Å². The first-order chi connectivity index (χ1) is 8.56. The van der Waals surface area contributed by atoms with Gasteiger partial charge in [0.2, 0.25) is 11.8 Å². The summed E-state index contributed by atoms with van der Waals surface area (Å²) in [6.45, 7) is -0.261. The van der Waals surface area contributed by atoms with Gasteiger partial charge in [0.25, 0.3) is 0 Å². The Kier molecular flexibility index (Phi) is 3.60. The minimum absolute atomic E-state index is 0.0395. The maximum absolute atomic E-state index is 11.5. The molecule has 0 atom stereocenters. The van der Waals surface area contributed by atoms with Crippen molar-refractivity contribution in [3.8, 4) is 0 Å². The Hall–Kier alpha value is -1.90. The molecule has 0 aliphatic carbocycles. The van der Waals surface area contributed by atoms with Gasteiger partial charge in [0.15, 0.2) is 0 Å². The fourth-order valence-corrected chi connectivity index (χ4v) is 2.25. The number of carboxylic acid groups (broad SMARTS) is 1. The van der Waals surface area contributed by atoms with E-state index in [1.807, 2.05) is 0 Å². The number of hydrogen-bond acceptors (Lipinski definition) is 6. The lowest BCUT2D eigenvalue weighted by Gasteiger charge is -2.23. The van der Waals surface area contributed by atoms with E-state index in [0.29, 0.717) is 5.69 Å². The largest absolute Gasteiger partial charge is 0.480 e. The lowest BCUT2D eigenvalue weighted by Crippen LogP contribution is -2.42. The minimum Gasteiger partial charge on any atom is -0.480 e. The Morgan fingerprint density at radius 1 is 1.39 bits per heavy atom. The number of hydrogen-bond donors (Lipinski definition) is 1. The van der Waals surface area contributed by atoms with E-state index in [9.17, 15) is 14.4 Å². The molecule has 0 aromatic carbocycles. The number of carboxylic acids is 1. The number of nitrogens with zero attached hydrogens (tertiary/aromatic N) is 4. The predicted molar refractivity (Wildman–Crippen MR) is 60.5 cm³/mol. The van der Waals surface area contributed by atoms with Gasteiger partial charge in [-0.05, 0) is 0 Å². The zero-order chi connectivity index (χ0) is 13.1. The van der Waals surface area contributed by atoms with Crippen molar-refractivity contribution in [2.24, 2.45) is 0 Å². The zero-order valence-electron chi connectivity index (χ0n) is 9.27. The zero-order valence-corrected chi connectivity index (χ0v) is 10.1. The second-order valence-electron chi connectivity index (χ2n) is 3.67. The van der Waals surface area contributed by atoms with Crippen LogP contribution in [0.15, 0.2) is 6.20 Å². The third kappa shape index (κ3) is 2.86. The van der Waals surface area contributed by atoms with Crippen LogP contribution in [0.25, 0.3) is 0 Å². The van der Waals surface area contributed by atoms with Gasteiger partial charge in [0, 0.05) is 0 Å². The standard InChI is InChI=1S/C9H10N4O4S/c14-7-4-18-5-8(15)13(7)2-6-1-12(11-10-6)3-9(16)17/h1H,2-5H2,(H,16,17). The van der Waals surface area contributed by atoms with Crippen LogP contribution in [0.2, 0.25) is 0 Å². The number of thioether (sulfide) groups is 1. The maximum atomic E-state index is 11.5. The van der Waals surface area contributed by atoms with Crippen molar-refractivity contribution in [1.82, 2.24) is 19.9 Å². The van der Waals surface area contributed by atoms with Crippen molar-refractivity contribution in [2.75, 3.05) is 11.5 Å². The summed E-state index contributed by atoms with van der Waals surface area (Å²) in [7, 11) is 0. The van der Waals surface area contributed by atoms with E-state index in [4.69, 9.17) is 5.11 Å². The third-order valence-corrected chi connectivity index (χ3v) is 3.16. The van der Waals surface area contributed by atoms with Crippen molar-refractivity contribution in [2.45, 2.75) is 13.1 Å². The van der Waals surface area contributed by atoms with Crippen molar-refractivity contribution >= 4 is 29.5 Å². The fourth-order valence-electron chi connectivity index (χ4n) is 1.49. The highest BCUT2D eigenvalue weighted by Gasteiger charge is 2.27. The Balaban J connectivity index is 2.04. The van der Waals surface area contributed by atoms with Crippen LogP contribution in [0.5, 0.6) is 0 Å². The monoisotopic (exact) mass is 270 g/mol. The third-order valence-electron chi connectivity index (χ3n) is 2.26. The molecule has 9 heteroatoms. The molecule has 1 aromatic rings. The summed E-state index contributed by atoms with van der Waals surface area (Å²) in [6.07, 6.45) is 1.41. The molecule has 1 N–H and O–H groups in total. The van der Waals surface area contributed by atoms with Gasteiger partial charge in [-0.3, -0.25) is 19.3 Å². The van der Waals surface area contributed by atoms with Crippen LogP contribution >= 0.6 is 11.8 Å². The molecule has 0 bridgehead atoms. The second kappa shape index (κ2) is 5.17. The lowest BCUT2D eigenvalue weighted by molar-refractivity contribution is -0.143. The summed E-state index contributed by atoms with van der Waals surface area (Å²) in [6, 6.07) is 0. The molecular formula is C9H10N4O4S. The molecule has 8 nitrogen and oxygen atoms in total. The lowest BCUT2D eigenvalue weighted by atomic mass is 10.4. The number of carbonyl (C=O) groups is 3. The first-order valence-electron chi connectivity index (χ1n) is 5.08. The van der Waals surface area contributed by atoms with Gasteiger partial charge in [-0.1, -0.05) is 5.21 Å². The Labute approximate surface area is 106 Å². The van der Waals surface area contributed by atoms with Crippen LogP contribution in [-0.2, 0) is 27.5 Å². The Bertz CT molecular complexity index is 485. The number of aromatic nitrogens is 3. The van der Waals surface area contributed by atoms with Gasteiger partial charge in [-0.25, -0.2) is 4.68 Å². The number of carbonyl (C=O) groups excluding carboxylic acids is 2. The van der Waals surface area contributed by atoms with E-state index >= 15 is 0 Å². The van der Waals surface area contributed by atoms with Gasteiger partial charge in [0.05, 0.1) is 24.2 Å². The molecule has 1 saturated heterocycles. The van der Waals surface area contributed by atoms with E-state index in [1.54, 1.807) is 0 Å². The molecule has 1 aliphatic rings. The quantitative estimate of drug-likeness (QED) is 0.697. The molecular weight excluding hydrogens is 260 g/mol. The van der Waals surface area contributed by atoms with Crippen molar-refractivity contribution in [3.63, 3.8) is 0 Å². The topological polar surface area (TPSA) is 105 Å². The average molecular weight is 270 g/mol. The molecule has 0 radical (unpaired) electrons. The van der Waals surface area contributed by atoms with E-state index < -0.39 is 5.97 Å². The van der Waals surface area contributed by atoms with Gasteiger partial charge >= 0.3 is 5.97 Å². The molecule has 2 rings (SSSR count). The molecule has 1 fully saturated rings. The van der Waals surface area contributed by atoms with E-state index in [1.165, 1.54) is 18.0 Å². The highest BCUT2D eigenvalue weighted by atomic mass is 32.2. The molecule has 0 saturated carbocycles. The Morgan fingerprint density at radius 2 is 2.06 bits per heavy atom. The van der Waals surface area contributed by atoms with Crippen LogP contribution < -0.4 is 0 Å². The van der Waals surface area contributed by atoms with Crippen LogP contribution in [-0.4, -0.2) is 54.3 Å². The average Bonchev–Trinajstić information content (AvgIpc) is 2.70. The SMILES string of the molecule is O=C(O)Cn1cc(CN2C(=O)CSCC2=O)nn1. The van der Waals surface area contributed by atoms with Gasteiger partial charge in [-0.15, -0.1) is 16.9 Å². The van der Waals surface area contributed by atoms with E-state index in [-0.39, 0.29) is 36.4 Å². The normalized spacial score (nSPS) is 16.1. The number of rotatable bonds is 4. The second-order valence-corrected chi connectivity index (χ2v) is 4.65. The van der Waals surface area contributed by atoms with E-state index in [2.05, 4.69) is 10.3 Å². The van der Waals surface area contributed by atoms with Crippen molar-refractivity contribution < 1.29 is 19.5 Å². The van der Waals surface area contributed by atoms with Crippen LogP contribution in [0.1, 0.15) is 5.69 Å². The maximum Gasteiger partial charge on any atom is 0.325 e. The van der Waals surface area contributed by atoms with Gasteiger partial charge in [0.1, 0.15) is 12.2 Å². The fraction of sp³-hybridized carbons (Fsp3) is 0.444. The molecule has 1 aliphatic heterocycles.